The van der Waals surface area contributed by atoms with E-state index >= 15 is 0 Å². The topological polar surface area (TPSA) is 67.4 Å². The Morgan fingerprint density at radius 1 is 1.00 bits per heavy atom. The van der Waals surface area contributed by atoms with Crippen molar-refractivity contribution in [3.63, 3.8) is 0 Å². The highest BCUT2D eigenvalue weighted by atomic mass is 16.5. The molecule has 0 unspecified atom stereocenters. The first-order chi connectivity index (χ1) is 12.0. The second-order valence-electron chi connectivity index (χ2n) is 6.10. The van der Waals surface area contributed by atoms with Crippen molar-refractivity contribution < 1.29 is 14.3 Å². The van der Waals surface area contributed by atoms with E-state index in [1.807, 2.05) is 20.8 Å². The lowest BCUT2D eigenvalue weighted by molar-refractivity contribution is 0.0949. The Kier molecular flexibility index (Phi) is 6.57. The van der Waals surface area contributed by atoms with Gasteiger partial charge in [-0.1, -0.05) is 19.9 Å². The Bertz CT molecular complexity index is 724. The van der Waals surface area contributed by atoms with Gasteiger partial charge in [-0.15, -0.1) is 0 Å². The second-order valence-corrected chi connectivity index (χ2v) is 6.10. The molecule has 0 atom stereocenters. The van der Waals surface area contributed by atoms with Crippen molar-refractivity contribution in [2.75, 3.05) is 18.5 Å². The number of anilines is 1. The van der Waals surface area contributed by atoms with Gasteiger partial charge in [0.25, 0.3) is 11.8 Å². The van der Waals surface area contributed by atoms with Crippen LogP contribution in [0.25, 0.3) is 0 Å². The molecule has 5 nitrogen and oxygen atoms in total. The molecule has 0 spiro atoms. The quantitative estimate of drug-likeness (QED) is 0.807. The highest BCUT2D eigenvalue weighted by molar-refractivity contribution is 6.06. The average molecular weight is 340 g/mol. The van der Waals surface area contributed by atoms with E-state index in [0.29, 0.717) is 35.9 Å². The summed E-state index contributed by atoms with van der Waals surface area (Å²) in [4.78, 5) is 24.5. The van der Waals surface area contributed by atoms with Gasteiger partial charge < -0.3 is 15.4 Å². The van der Waals surface area contributed by atoms with Crippen molar-refractivity contribution in [1.82, 2.24) is 5.32 Å². The number of benzene rings is 2. The van der Waals surface area contributed by atoms with Crippen LogP contribution in [0.3, 0.4) is 0 Å². The number of hydrogen-bond donors (Lipinski definition) is 2. The highest BCUT2D eigenvalue weighted by Gasteiger charge is 2.11. The van der Waals surface area contributed by atoms with Crippen LogP contribution in [0.4, 0.5) is 5.69 Å². The van der Waals surface area contributed by atoms with E-state index in [1.54, 1.807) is 48.5 Å². The molecule has 0 radical (unpaired) electrons. The molecule has 2 aromatic carbocycles. The normalized spacial score (nSPS) is 10.4. The minimum Gasteiger partial charge on any atom is -0.494 e. The average Bonchev–Trinajstić information content (AvgIpc) is 2.61. The van der Waals surface area contributed by atoms with Gasteiger partial charge in [0, 0.05) is 23.4 Å². The zero-order valence-electron chi connectivity index (χ0n) is 14.8. The van der Waals surface area contributed by atoms with E-state index in [4.69, 9.17) is 4.74 Å². The maximum absolute atomic E-state index is 12.4. The van der Waals surface area contributed by atoms with Gasteiger partial charge in [0.15, 0.2) is 0 Å². The van der Waals surface area contributed by atoms with Crippen molar-refractivity contribution in [1.29, 1.82) is 0 Å². The predicted molar refractivity (Wildman–Crippen MR) is 99.2 cm³/mol. The van der Waals surface area contributed by atoms with Gasteiger partial charge in [0.1, 0.15) is 5.75 Å². The lowest BCUT2D eigenvalue weighted by Crippen LogP contribution is -2.27. The predicted octanol–water partition coefficient (Wildman–Crippen LogP) is 3.72. The van der Waals surface area contributed by atoms with Crippen LogP contribution in [0.1, 0.15) is 41.5 Å². The summed E-state index contributed by atoms with van der Waals surface area (Å²) in [7, 11) is 0. The third kappa shape index (κ3) is 5.64. The van der Waals surface area contributed by atoms with E-state index < -0.39 is 0 Å². The smallest absolute Gasteiger partial charge is 0.255 e. The third-order valence-electron chi connectivity index (χ3n) is 3.48. The first-order valence-corrected chi connectivity index (χ1v) is 8.42. The standard InChI is InChI=1S/C20H24N2O3/c1-4-25-18-10-8-17(9-11-18)22-20(24)16-7-5-6-15(12-16)19(23)21-13-14(2)3/h5-12,14H,4,13H2,1-3H3,(H,21,23)(H,22,24). The molecule has 0 saturated carbocycles. The van der Waals surface area contributed by atoms with Crippen LogP contribution < -0.4 is 15.4 Å². The maximum Gasteiger partial charge on any atom is 0.255 e. The lowest BCUT2D eigenvalue weighted by atomic mass is 10.1. The van der Waals surface area contributed by atoms with Crippen molar-refractivity contribution in [2.24, 2.45) is 5.92 Å². The van der Waals surface area contributed by atoms with E-state index in [2.05, 4.69) is 10.6 Å². The van der Waals surface area contributed by atoms with Crippen molar-refractivity contribution in [3.05, 3.63) is 59.7 Å². The van der Waals surface area contributed by atoms with Crippen LogP contribution in [0, 0.1) is 5.92 Å². The van der Waals surface area contributed by atoms with Gasteiger partial charge in [-0.05, 0) is 55.3 Å². The fourth-order valence-electron chi connectivity index (χ4n) is 2.20. The zero-order chi connectivity index (χ0) is 18.2. The molecule has 0 aliphatic heterocycles. The van der Waals surface area contributed by atoms with Crippen LogP contribution in [0.15, 0.2) is 48.5 Å². The monoisotopic (exact) mass is 340 g/mol. The molecule has 0 aliphatic rings. The van der Waals surface area contributed by atoms with Gasteiger partial charge in [0.2, 0.25) is 0 Å². The summed E-state index contributed by atoms with van der Waals surface area (Å²) in [6.07, 6.45) is 0. The minimum absolute atomic E-state index is 0.176. The summed E-state index contributed by atoms with van der Waals surface area (Å²) >= 11 is 0. The number of ether oxygens (including phenoxy) is 1. The summed E-state index contributed by atoms with van der Waals surface area (Å²) in [5.74, 6) is 0.687. The zero-order valence-corrected chi connectivity index (χ0v) is 14.8. The summed E-state index contributed by atoms with van der Waals surface area (Å²) in [6, 6.07) is 13.8. The van der Waals surface area contributed by atoms with Crippen LogP contribution in [-0.4, -0.2) is 25.0 Å². The molecule has 0 bridgehead atoms. The molecule has 2 rings (SSSR count). The molecule has 2 N–H and O–H groups in total. The van der Waals surface area contributed by atoms with Crippen molar-refractivity contribution >= 4 is 17.5 Å². The molecule has 0 heterocycles. The summed E-state index contributed by atoms with van der Waals surface area (Å²) in [5, 5.41) is 5.67. The molecule has 0 aliphatic carbocycles. The SMILES string of the molecule is CCOc1ccc(NC(=O)c2cccc(C(=O)NCC(C)C)c2)cc1. The van der Waals surface area contributed by atoms with E-state index in [1.165, 1.54) is 0 Å². The Balaban J connectivity index is 2.04. The Hall–Kier alpha value is -2.82. The van der Waals surface area contributed by atoms with Gasteiger partial charge >= 0.3 is 0 Å². The molecule has 0 aromatic heterocycles. The van der Waals surface area contributed by atoms with Crippen LogP contribution >= 0.6 is 0 Å². The number of hydrogen-bond acceptors (Lipinski definition) is 3. The van der Waals surface area contributed by atoms with E-state index in [0.717, 1.165) is 5.75 Å². The fraction of sp³-hybridized carbons (Fsp3) is 0.300. The molecular formula is C20H24N2O3. The van der Waals surface area contributed by atoms with Crippen LogP contribution in [0.2, 0.25) is 0 Å². The lowest BCUT2D eigenvalue weighted by Gasteiger charge is -2.10. The Morgan fingerprint density at radius 3 is 2.24 bits per heavy atom. The summed E-state index contributed by atoms with van der Waals surface area (Å²) < 4.78 is 5.38. The van der Waals surface area contributed by atoms with Crippen molar-refractivity contribution in [3.8, 4) is 5.75 Å². The van der Waals surface area contributed by atoms with Gasteiger partial charge in [-0.2, -0.15) is 0 Å². The number of amides is 2. The molecule has 2 aromatic rings. The first-order valence-electron chi connectivity index (χ1n) is 8.42. The third-order valence-corrected chi connectivity index (χ3v) is 3.48. The minimum atomic E-state index is -0.261. The van der Waals surface area contributed by atoms with E-state index in [-0.39, 0.29) is 11.8 Å². The fourth-order valence-corrected chi connectivity index (χ4v) is 2.20. The number of carbonyl (C=O) groups excluding carboxylic acids is 2. The largest absolute Gasteiger partial charge is 0.494 e. The van der Waals surface area contributed by atoms with Gasteiger partial charge in [-0.3, -0.25) is 9.59 Å². The first kappa shape index (κ1) is 18.5. The molecule has 132 valence electrons. The Morgan fingerprint density at radius 2 is 1.64 bits per heavy atom. The van der Waals surface area contributed by atoms with Crippen LogP contribution in [-0.2, 0) is 0 Å². The Labute approximate surface area is 148 Å². The molecule has 0 fully saturated rings. The second kappa shape index (κ2) is 8.87. The summed E-state index contributed by atoms with van der Waals surface area (Å²) in [6.45, 7) is 7.17. The highest BCUT2D eigenvalue weighted by Crippen LogP contribution is 2.17. The van der Waals surface area contributed by atoms with Crippen molar-refractivity contribution in [2.45, 2.75) is 20.8 Å². The molecule has 0 saturated heterocycles. The van der Waals surface area contributed by atoms with E-state index in [9.17, 15) is 9.59 Å². The number of nitrogens with one attached hydrogen (secondary N) is 2. The summed E-state index contributed by atoms with van der Waals surface area (Å²) in [5.41, 5.74) is 1.58. The molecule has 25 heavy (non-hydrogen) atoms. The van der Waals surface area contributed by atoms with Gasteiger partial charge in [-0.25, -0.2) is 0 Å². The maximum atomic E-state index is 12.4. The number of carbonyl (C=O) groups is 2. The number of rotatable bonds is 7. The van der Waals surface area contributed by atoms with Gasteiger partial charge in [0.05, 0.1) is 6.61 Å². The molecular weight excluding hydrogens is 316 g/mol. The van der Waals surface area contributed by atoms with Crippen LogP contribution in [0.5, 0.6) is 5.75 Å². The molecule has 5 heteroatoms. The molecule has 2 amide bonds.